The topological polar surface area (TPSA) is 95.8 Å². The first-order valence-electron chi connectivity index (χ1n) is 5.09. The Kier molecular flexibility index (Phi) is 3.24. The summed E-state index contributed by atoms with van der Waals surface area (Å²) >= 11 is 5.59. The maximum atomic E-state index is 12.0. The highest BCUT2D eigenvalue weighted by atomic mass is 35.5. The third kappa shape index (κ3) is 2.30. The number of carbonyl (C=O) groups excluding carboxylic acids is 1. The zero-order valence-electron chi connectivity index (χ0n) is 9.37. The van der Waals surface area contributed by atoms with Crippen molar-refractivity contribution in [3.63, 3.8) is 0 Å². The summed E-state index contributed by atoms with van der Waals surface area (Å²) in [4.78, 5) is 22.6. The van der Waals surface area contributed by atoms with Crippen molar-refractivity contribution in [1.29, 1.82) is 0 Å². The Labute approximate surface area is 107 Å². The van der Waals surface area contributed by atoms with Crippen LogP contribution < -0.4 is 5.01 Å². The molecule has 0 radical (unpaired) electrons. The van der Waals surface area contributed by atoms with Gasteiger partial charge in [-0.3, -0.25) is 9.59 Å². The molecule has 0 aromatic carbocycles. The lowest BCUT2D eigenvalue weighted by Gasteiger charge is -2.11. The largest absolute Gasteiger partial charge is 0.481 e. The minimum atomic E-state index is -1.05. The molecule has 0 fully saturated rings. The first-order valence-corrected chi connectivity index (χ1v) is 5.47. The zero-order chi connectivity index (χ0) is 13.3. The number of hydrazone groups is 1. The summed E-state index contributed by atoms with van der Waals surface area (Å²) in [6, 6.07) is 2.97. The van der Waals surface area contributed by atoms with Gasteiger partial charge in [-0.15, -0.1) is 10.2 Å². The van der Waals surface area contributed by atoms with E-state index in [9.17, 15) is 9.59 Å². The highest BCUT2D eigenvalue weighted by Gasteiger charge is 2.36. The van der Waals surface area contributed by atoms with Crippen LogP contribution in [-0.4, -0.2) is 32.9 Å². The van der Waals surface area contributed by atoms with Crippen LogP contribution in [-0.2, 0) is 9.59 Å². The number of carboxylic acid groups (broad SMARTS) is 1. The van der Waals surface area contributed by atoms with Crippen LogP contribution in [0, 0.1) is 5.92 Å². The van der Waals surface area contributed by atoms with E-state index in [2.05, 4.69) is 15.3 Å². The van der Waals surface area contributed by atoms with Crippen molar-refractivity contribution in [2.24, 2.45) is 11.0 Å². The molecule has 1 unspecified atom stereocenters. The number of nitrogens with zero attached hydrogens (tertiary/aromatic N) is 4. The molecule has 1 aromatic heterocycles. The minimum Gasteiger partial charge on any atom is -0.481 e. The molecule has 1 N–H and O–H groups in total. The quantitative estimate of drug-likeness (QED) is 0.880. The summed E-state index contributed by atoms with van der Waals surface area (Å²) in [6.45, 7) is 1.61. The normalized spacial score (nSPS) is 19.0. The third-order valence-corrected chi connectivity index (χ3v) is 2.68. The van der Waals surface area contributed by atoms with Gasteiger partial charge in [0.05, 0.1) is 12.3 Å². The van der Waals surface area contributed by atoms with Gasteiger partial charge >= 0.3 is 5.97 Å². The van der Waals surface area contributed by atoms with Crippen LogP contribution in [0.1, 0.15) is 13.3 Å². The number of rotatable bonds is 3. The van der Waals surface area contributed by atoms with Gasteiger partial charge in [0.25, 0.3) is 5.91 Å². The fourth-order valence-corrected chi connectivity index (χ4v) is 1.70. The van der Waals surface area contributed by atoms with Gasteiger partial charge in [0.2, 0.25) is 0 Å². The molecule has 18 heavy (non-hydrogen) atoms. The predicted molar refractivity (Wildman–Crippen MR) is 63.4 cm³/mol. The summed E-state index contributed by atoms with van der Waals surface area (Å²) in [5.74, 6) is -2.00. The molecular formula is C10H9ClN4O3. The van der Waals surface area contributed by atoms with Gasteiger partial charge in [-0.1, -0.05) is 11.6 Å². The van der Waals surface area contributed by atoms with Crippen LogP contribution in [0.4, 0.5) is 5.82 Å². The zero-order valence-corrected chi connectivity index (χ0v) is 10.1. The summed E-state index contributed by atoms with van der Waals surface area (Å²) in [7, 11) is 0. The highest BCUT2D eigenvalue weighted by molar-refractivity contribution is 6.29. The second-order valence-electron chi connectivity index (χ2n) is 3.76. The van der Waals surface area contributed by atoms with E-state index in [4.69, 9.17) is 16.7 Å². The van der Waals surface area contributed by atoms with E-state index in [0.717, 1.165) is 5.01 Å². The third-order valence-electron chi connectivity index (χ3n) is 2.48. The van der Waals surface area contributed by atoms with Crippen molar-refractivity contribution >= 4 is 35.0 Å². The average molecular weight is 269 g/mol. The summed E-state index contributed by atoms with van der Waals surface area (Å²) in [5, 5.41) is 21.3. The van der Waals surface area contributed by atoms with Gasteiger partial charge in [0.15, 0.2) is 11.0 Å². The molecule has 7 nitrogen and oxygen atoms in total. The molecule has 1 aromatic rings. The van der Waals surface area contributed by atoms with Crippen LogP contribution in [0.3, 0.4) is 0 Å². The molecule has 0 bridgehead atoms. The summed E-state index contributed by atoms with van der Waals surface area (Å²) in [5.41, 5.74) is 0.444. The number of anilines is 1. The summed E-state index contributed by atoms with van der Waals surface area (Å²) < 4.78 is 0. The molecule has 2 heterocycles. The van der Waals surface area contributed by atoms with Crippen molar-refractivity contribution in [2.45, 2.75) is 13.3 Å². The molecule has 0 saturated carbocycles. The Hall–Kier alpha value is -2.02. The first kappa shape index (κ1) is 12.4. The van der Waals surface area contributed by atoms with Gasteiger partial charge in [0.1, 0.15) is 0 Å². The van der Waals surface area contributed by atoms with Crippen molar-refractivity contribution in [3.05, 3.63) is 17.3 Å². The number of carboxylic acids is 1. The lowest BCUT2D eigenvalue weighted by Crippen LogP contribution is -2.29. The standard InChI is InChI=1S/C10H9ClN4O3/c1-5-6(4-9(16)17)10(18)15(14-5)8-3-2-7(11)12-13-8/h2-3,6H,4H2,1H3,(H,16,17). The van der Waals surface area contributed by atoms with Crippen LogP contribution in [0.5, 0.6) is 0 Å². The van der Waals surface area contributed by atoms with Crippen LogP contribution in [0.25, 0.3) is 0 Å². The number of amides is 1. The fraction of sp³-hybridized carbons (Fsp3) is 0.300. The Morgan fingerprint density at radius 3 is 2.78 bits per heavy atom. The molecule has 8 heteroatoms. The van der Waals surface area contributed by atoms with Crippen LogP contribution in [0.2, 0.25) is 5.15 Å². The second kappa shape index (κ2) is 4.69. The predicted octanol–water partition coefficient (Wildman–Crippen LogP) is 0.943. The molecule has 0 saturated heterocycles. The monoisotopic (exact) mass is 268 g/mol. The van der Waals surface area contributed by atoms with Gasteiger partial charge in [0, 0.05) is 5.71 Å². The van der Waals surface area contributed by atoms with E-state index in [1.807, 2.05) is 0 Å². The number of aliphatic carboxylic acids is 1. The fourth-order valence-electron chi connectivity index (χ4n) is 1.60. The van der Waals surface area contributed by atoms with Gasteiger partial charge < -0.3 is 5.11 Å². The maximum Gasteiger partial charge on any atom is 0.304 e. The van der Waals surface area contributed by atoms with Crippen LogP contribution >= 0.6 is 11.6 Å². The molecule has 1 aliphatic heterocycles. The van der Waals surface area contributed by atoms with Crippen LogP contribution in [0.15, 0.2) is 17.2 Å². The van der Waals surface area contributed by atoms with Crippen molar-refractivity contribution in [3.8, 4) is 0 Å². The minimum absolute atomic E-state index is 0.202. The molecule has 0 aliphatic carbocycles. The molecule has 1 atom stereocenters. The first-order chi connectivity index (χ1) is 8.49. The van der Waals surface area contributed by atoms with Crippen molar-refractivity contribution in [2.75, 3.05) is 5.01 Å². The van der Waals surface area contributed by atoms with Crippen molar-refractivity contribution < 1.29 is 14.7 Å². The molecule has 2 rings (SSSR count). The van der Waals surface area contributed by atoms with E-state index in [-0.39, 0.29) is 17.4 Å². The number of hydrogen-bond acceptors (Lipinski definition) is 5. The highest BCUT2D eigenvalue weighted by Crippen LogP contribution is 2.24. The van der Waals surface area contributed by atoms with E-state index in [1.165, 1.54) is 12.1 Å². The Bertz CT molecular complexity index is 528. The average Bonchev–Trinajstić information content (AvgIpc) is 2.58. The Balaban J connectivity index is 2.25. The molecule has 0 spiro atoms. The SMILES string of the molecule is CC1=NN(c2ccc(Cl)nn2)C(=O)C1CC(=O)O. The molecular weight excluding hydrogens is 260 g/mol. The number of carbonyl (C=O) groups is 2. The summed E-state index contributed by atoms with van der Waals surface area (Å²) in [6.07, 6.45) is -0.286. The van der Waals surface area contributed by atoms with E-state index < -0.39 is 17.8 Å². The van der Waals surface area contributed by atoms with E-state index in [0.29, 0.717) is 5.71 Å². The molecule has 1 amide bonds. The van der Waals surface area contributed by atoms with Gasteiger partial charge in [-0.25, -0.2) is 0 Å². The smallest absolute Gasteiger partial charge is 0.304 e. The lowest BCUT2D eigenvalue weighted by molar-refractivity contribution is -0.139. The lowest BCUT2D eigenvalue weighted by atomic mass is 10.0. The van der Waals surface area contributed by atoms with Crippen molar-refractivity contribution in [1.82, 2.24) is 10.2 Å². The number of hydrogen-bond donors (Lipinski definition) is 1. The number of aromatic nitrogens is 2. The molecule has 1 aliphatic rings. The Morgan fingerprint density at radius 2 is 2.22 bits per heavy atom. The Morgan fingerprint density at radius 1 is 1.50 bits per heavy atom. The molecule has 94 valence electrons. The van der Waals surface area contributed by atoms with E-state index in [1.54, 1.807) is 6.92 Å². The number of halogens is 1. The van der Waals surface area contributed by atoms with E-state index >= 15 is 0 Å². The van der Waals surface area contributed by atoms with Gasteiger partial charge in [-0.05, 0) is 19.1 Å². The second-order valence-corrected chi connectivity index (χ2v) is 4.14. The maximum absolute atomic E-state index is 12.0. The van der Waals surface area contributed by atoms with Gasteiger partial charge in [-0.2, -0.15) is 10.1 Å².